The summed E-state index contributed by atoms with van der Waals surface area (Å²) in [5, 5.41) is 12.6. The van der Waals surface area contributed by atoms with Gasteiger partial charge in [-0.2, -0.15) is 0 Å². The number of amides is 1. The second-order valence-corrected chi connectivity index (χ2v) is 4.41. The average molecular weight is 230 g/mol. The Labute approximate surface area is 96.3 Å². The van der Waals surface area contributed by atoms with E-state index < -0.39 is 6.10 Å². The molecule has 94 valence electrons. The standard InChI is InChI=1S/C11H22N2O3/c12-11(15)2-1-5-13-6-10(14)8-16-7-9-3-4-9/h9-10,13-14H,1-8H2,(H2,12,15). The minimum atomic E-state index is -0.465. The van der Waals surface area contributed by atoms with Crippen LogP contribution in [0.2, 0.25) is 0 Å². The van der Waals surface area contributed by atoms with Gasteiger partial charge in [0.25, 0.3) is 0 Å². The van der Waals surface area contributed by atoms with Crippen molar-refractivity contribution in [2.75, 3.05) is 26.3 Å². The number of nitrogens with one attached hydrogen (secondary N) is 1. The Morgan fingerprint density at radius 1 is 1.56 bits per heavy atom. The SMILES string of the molecule is NC(=O)CCCNCC(O)COCC1CC1. The van der Waals surface area contributed by atoms with Crippen molar-refractivity contribution in [3.8, 4) is 0 Å². The minimum Gasteiger partial charge on any atom is -0.389 e. The molecule has 0 aromatic heterocycles. The predicted octanol–water partition coefficient (Wildman–Crippen LogP) is -0.371. The Morgan fingerprint density at radius 3 is 2.94 bits per heavy atom. The molecule has 1 saturated carbocycles. The summed E-state index contributed by atoms with van der Waals surface area (Å²) in [5.74, 6) is 0.450. The molecule has 5 heteroatoms. The van der Waals surface area contributed by atoms with Crippen molar-refractivity contribution in [2.45, 2.75) is 31.8 Å². The van der Waals surface area contributed by atoms with Crippen LogP contribution in [-0.2, 0) is 9.53 Å². The number of carbonyl (C=O) groups is 1. The maximum atomic E-state index is 10.4. The predicted molar refractivity (Wildman–Crippen MR) is 60.8 cm³/mol. The molecule has 0 aromatic carbocycles. The normalized spacial score (nSPS) is 17.3. The van der Waals surface area contributed by atoms with Gasteiger partial charge in [-0.25, -0.2) is 0 Å². The third-order valence-corrected chi connectivity index (χ3v) is 2.52. The van der Waals surface area contributed by atoms with Crippen LogP contribution >= 0.6 is 0 Å². The molecule has 4 N–H and O–H groups in total. The number of nitrogens with two attached hydrogens (primary N) is 1. The van der Waals surface area contributed by atoms with Gasteiger partial charge in [-0.05, 0) is 31.7 Å². The van der Waals surface area contributed by atoms with Crippen LogP contribution in [0.1, 0.15) is 25.7 Å². The van der Waals surface area contributed by atoms with Crippen molar-refractivity contribution in [3.05, 3.63) is 0 Å². The molecule has 0 bridgehead atoms. The van der Waals surface area contributed by atoms with Gasteiger partial charge in [0.05, 0.1) is 12.7 Å². The van der Waals surface area contributed by atoms with Crippen LogP contribution in [0, 0.1) is 5.92 Å². The number of primary amides is 1. The van der Waals surface area contributed by atoms with E-state index in [0.717, 1.165) is 12.5 Å². The third-order valence-electron chi connectivity index (χ3n) is 2.52. The van der Waals surface area contributed by atoms with Gasteiger partial charge in [0.1, 0.15) is 0 Å². The van der Waals surface area contributed by atoms with Gasteiger partial charge in [0.2, 0.25) is 5.91 Å². The number of aliphatic hydroxyl groups excluding tert-OH is 1. The van der Waals surface area contributed by atoms with Crippen LogP contribution in [0.5, 0.6) is 0 Å². The largest absolute Gasteiger partial charge is 0.389 e. The van der Waals surface area contributed by atoms with Crippen molar-refractivity contribution < 1.29 is 14.6 Å². The number of ether oxygens (including phenoxy) is 1. The molecule has 1 aliphatic carbocycles. The highest BCUT2D eigenvalue weighted by Crippen LogP contribution is 2.28. The topological polar surface area (TPSA) is 84.6 Å². The lowest BCUT2D eigenvalue weighted by atomic mass is 10.3. The van der Waals surface area contributed by atoms with Crippen LogP contribution < -0.4 is 11.1 Å². The zero-order chi connectivity index (χ0) is 11.8. The summed E-state index contributed by atoms with van der Waals surface area (Å²) in [6, 6.07) is 0. The van der Waals surface area contributed by atoms with Crippen LogP contribution in [0.15, 0.2) is 0 Å². The molecule has 0 heterocycles. The molecule has 1 fully saturated rings. The number of hydrogen-bond acceptors (Lipinski definition) is 4. The Kier molecular flexibility index (Phi) is 6.37. The molecule has 1 amide bonds. The van der Waals surface area contributed by atoms with Crippen LogP contribution in [0.4, 0.5) is 0 Å². The third kappa shape index (κ3) is 7.62. The molecule has 16 heavy (non-hydrogen) atoms. The summed E-state index contributed by atoms with van der Waals surface area (Å²) >= 11 is 0. The molecule has 0 aliphatic heterocycles. The van der Waals surface area contributed by atoms with Gasteiger partial charge in [-0.3, -0.25) is 4.79 Å². The highest BCUT2D eigenvalue weighted by Gasteiger charge is 2.21. The van der Waals surface area contributed by atoms with Gasteiger partial charge in [0, 0.05) is 19.6 Å². The van der Waals surface area contributed by atoms with Crippen LogP contribution in [-0.4, -0.2) is 43.4 Å². The Balaban J connectivity index is 1.81. The first kappa shape index (κ1) is 13.4. The van der Waals surface area contributed by atoms with Crippen molar-refractivity contribution in [3.63, 3.8) is 0 Å². The molecule has 0 radical (unpaired) electrons. The monoisotopic (exact) mass is 230 g/mol. The molecule has 1 unspecified atom stereocenters. The number of carbonyl (C=O) groups excluding carboxylic acids is 1. The van der Waals surface area contributed by atoms with E-state index in [0.29, 0.717) is 32.5 Å². The van der Waals surface area contributed by atoms with E-state index in [1.165, 1.54) is 12.8 Å². The second-order valence-electron chi connectivity index (χ2n) is 4.41. The number of rotatable bonds is 10. The average Bonchev–Trinajstić information content (AvgIpc) is 3.00. The van der Waals surface area contributed by atoms with Gasteiger partial charge in [0.15, 0.2) is 0 Å². The lowest BCUT2D eigenvalue weighted by Gasteiger charge is -2.11. The van der Waals surface area contributed by atoms with E-state index in [1.807, 2.05) is 0 Å². The summed E-state index contributed by atoms with van der Waals surface area (Å²) in [6.45, 7) is 2.37. The summed E-state index contributed by atoms with van der Waals surface area (Å²) in [7, 11) is 0. The van der Waals surface area contributed by atoms with E-state index in [2.05, 4.69) is 5.32 Å². The maximum absolute atomic E-state index is 10.4. The van der Waals surface area contributed by atoms with Crippen LogP contribution in [0.25, 0.3) is 0 Å². The van der Waals surface area contributed by atoms with E-state index in [1.54, 1.807) is 0 Å². The highest BCUT2D eigenvalue weighted by molar-refractivity contribution is 5.73. The zero-order valence-corrected chi connectivity index (χ0v) is 9.65. The van der Waals surface area contributed by atoms with E-state index in [-0.39, 0.29) is 5.91 Å². The summed E-state index contributed by atoms with van der Waals surface area (Å²) < 4.78 is 5.35. The lowest BCUT2D eigenvalue weighted by molar-refractivity contribution is -0.118. The molecule has 1 rings (SSSR count). The summed E-state index contributed by atoms with van der Waals surface area (Å²) in [6.07, 6.45) is 3.17. The first-order valence-electron chi connectivity index (χ1n) is 5.93. The molecule has 1 aliphatic rings. The molecule has 1 atom stereocenters. The highest BCUT2D eigenvalue weighted by atomic mass is 16.5. The van der Waals surface area contributed by atoms with Gasteiger partial charge in [-0.15, -0.1) is 0 Å². The van der Waals surface area contributed by atoms with Crippen molar-refractivity contribution >= 4 is 5.91 Å². The fraction of sp³-hybridized carbons (Fsp3) is 0.909. The Morgan fingerprint density at radius 2 is 2.31 bits per heavy atom. The lowest BCUT2D eigenvalue weighted by Crippen LogP contribution is -2.31. The molecular formula is C11H22N2O3. The van der Waals surface area contributed by atoms with E-state index in [4.69, 9.17) is 10.5 Å². The van der Waals surface area contributed by atoms with Crippen LogP contribution in [0.3, 0.4) is 0 Å². The van der Waals surface area contributed by atoms with Gasteiger partial charge in [-0.1, -0.05) is 0 Å². The molecule has 0 saturated heterocycles. The quantitative estimate of drug-likeness (QED) is 0.447. The first-order valence-corrected chi connectivity index (χ1v) is 5.93. The second kappa shape index (κ2) is 7.60. The molecule has 5 nitrogen and oxygen atoms in total. The van der Waals surface area contributed by atoms with Gasteiger partial charge >= 0.3 is 0 Å². The van der Waals surface area contributed by atoms with Crippen molar-refractivity contribution in [2.24, 2.45) is 11.7 Å². The van der Waals surface area contributed by atoms with E-state index >= 15 is 0 Å². The van der Waals surface area contributed by atoms with E-state index in [9.17, 15) is 9.90 Å². The van der Waals surface area contributed by atoms with Crippen molar-refractivity contribution in [1.82, 2.24) is 5.32 Å². The van der Waals surface area contributed by atoms with Crippen molar-refractivity contribution in [1.29, 1.82) is 0 Å². The van der Waals surface area contributed by atoms with Gasteiger partial charge < -0.3 is 20.9 Å². The summed E-state index contributed by atoms with van der Waals surface area (Å²) in [4.78, 5) is 10.4. The fourth-order valence-electron chi connectivity index (χ4n) is 1.37. The first-order chi connectivity index (χ1) is 7.68. The molecule has 0 aromatic rings. The Hall–Kier alpha value is -0.650. The number of hydrogen-bond donors (Lipinski definition) is 3. The molecule has 0 spiro atoms. The maximum Gasteiger partial charge on any atom is 0.217 e. The smallest absolute Gasteiger partial charge is 0.217 e. The summed E-state index contributed by atoms with van der Waals surface area (Å²) in [5.41, 5.74) is 5.00. The number of aliphatic hydroxyl groups is 1. The molecular weight excluding hydrogens is 208 g/mol. The zero-order valence-electron chi connectivity index (χ0n) is 9.65. The Bertz CT molecular complexity index is 207. The fourth-order valence-corrected chi connectivity index (χ4v) is 1.37. The minimum absolute atomic E-state index is 0.282.